The minimum Gasteiger partial charge on any atom is -0.497 e. The fraction of sp³-hybridized carbons (Fsp3) is 0.350. The molecule has 1 saturated heterocycles. The summed E-state index contributed by atoms with van der Waals surface area (Å²) in [5, 5.41) is 0. The van der Waals surface area contributed by atoms with Crippen LogP contribution in [0.3, 0.4) is 0 Å². The van der Waals surface area contributed by atoms with Crippen LogP contribution < -0.4 is 14.2 Å². The van der Waals surface area contributed by atoms with Gasteiger partial charge in [0.25, 0.3) is 0 Å². The van der Waals surface area contributed by atoms with Crippen LogP contribution in [0.15, 0.2) is 42.5 Å². The zero-order valence-electron chi connectivity index (χ0n) is 14.1. The second-order valence-electron chi connectivity index (χ2n) is 6.44. The van der Waals surface area contributed by atoms with Crippen LogP contribution in [-0.2, 0) is 22.4 Å². The number of methoxy groups -OCH3 is 1. The third-order valence-corrected chi connectivity index (χ3v) is 4.86. The molecule has 2 atom stereocenters. The Morgan fingerprint density at radius 3 is 2.52 bits per heavy atom. The topological polar surface area (TPSA) is 54.0 Å². The highest BCUT2D eigenvalue weighted by molar-refractivity contribution is 5.75. The molecule has 1 fully saturated rings. The van der Waals surface area contributed by atoms with Gasteiger partial charge >= 0.3 is 5.97 Å². The molecule has 2 aliphatic heterocycles. The number of hydrogen-bond donors (Lipinski definition) is 0. The van der Waals surface area contributed by atoms with Gasteiger partial charge in [0, 0.05) is 5.92 Å². The molecule has 5 nitrogen and oxygen atoms in total. The van der Waals surface area contributed by atoms with E-state index in [1.165, 1.54) is 5.56 Å². The van der Waals surface area contributed by atoms with E-state index in [1.54, 1.807) is 7.11 Å². The van der Waals surface area contributed by atoms with Gasteiger partial charge in [0.1, 0.15) is 5.75 Å². The van der Waals surface area contributed by atoms with Crippen molar-refractivity contribution in [2.75, 3.05) is 20.5 Å². The Hall–Kier alpha value is -2.69. The maximum absolute atomic E-state index is 12.2. The molecule has 25 heavy (non-hydrogen) atoms. The summed E-state index contributed by atoms with van der Waals surface area (Å²) < 4.78 is 21.3. The standard InChI is InChI=1S/C20H20O5/c1-22-16-5-2-13(3-6-16)8-15-11-23-20(21)17(15)9-14-4-7-18-19(10-14)25-12-24-18/h2-7,10,15,17H,8-9,11-12H2,1H3. The van der Waals surface area contributed by atoms with E-state index in [0.717, 1.165) is 29.2 Å². The normalized spacial score (nSPS) is 21.2. The Kier molecular flexibility index (Phi) is 4.22. The Bertz CT molecular complexity index is 768. The highest BCUT2D eigenvalue weighted by Gasteiger charge is 2.37. The molecule has 0 spiro atoms. The summed E-state index contributed by atoms with van der Waals surface area (Å²) >= 11 is 0. The van der Waals surface area contributed by atoms with Gasteiger partial charge in [-0.15, -0.1) is 0 Å². The maximum atomic E-state index is 12.2. The molecule has 0 amide bonds. The highest BCUT2D eigenvalue weighted by atomic mass is 16.7. The Labute approximate surface area is 146 Å². The summed E-state index contributed by atoms with van der Waals surface area (Å²) in [6.45, 7) is 0.727. The lowest BCUT2D eigenvalue weighted by Crippen LogP contribution is -2.20. The van der Waals surface area contributed by atoms with E-state index in [2.05, 4.69) is 0 Å². The third kappa shape index (κ3) is 3.27. The molecular formula is C20H20O5. The summed E-state index contributed by atoms with van der Waals surface area (Å²) in [7, 11) is 1.65. The Balaban J connectivity index is 1.47. The van der Waals surface area contributed by atoms with Crippen LogP contribution in [-0.4, -0.2) is 26.5 Å². The summed E-state index contributed by atoms with van der Waals surface area (Å²) in [6, 6.07) is 13.8. The number of carbonyl (C=O) groups is 1. The van der Waals surface area contributed by atoms with Crippen molar-refractivity contribution in [1.29, 1.82) is 0 Å². The number of fused-ring (bicyclic) bond motifs is 1. The molecule has 0 saturated carbocycles. The first-order valence-corrected chi connectivity index (χ1v) is 8.41. The lowest BCUT2D eigenvalue weighted by atomic mass is 9.85. The number of hydrogen-bond acceptors (Lipinski definition) is 5. The molecule has 2 heterocycles. The van der Waals surface area contributed by atoms with Crippen LogP contribution in [0.2, 0.25) is 0 Å². The molecule has 2 aromatic rings. The lowest BCUT2D eigenvalue weighted by Gasteiger charge is -2.16. The molecule has 0 N–H and O–H groups in total. The van der Waals surface area contributed by atoms with Gasteiger partial charge in [-0.05, 0) is 48.2 Å². The minimum atomic E-state index is -0.137. The van der Waals surface area contributed by atoms with Crippen LogP contribution in [0.5, 0.6) is 17.2 Å². The number of esters is 1. The van der Waals surface area contributed by atoms with Crippen LogP contribution in [0, 0.1) is 11.8 Å². The van der Waals surface area contributed by atoms with E-state index >= 15 is 0 Å². The molecular weight excluding hydrogens is 320 g/mol. The first kappa shape index (κ1) is 15.8. The average Bonchev–Trinajstić information content (AvgIpc) is 3.23. The van der Waals surface area contributed by atoms with Crippen molar-refractivity contribution in [3.05, 3.63) is 53.6 Å². The van der Waals surface area contributed by atoms with Crippen molar-refractivity contribution in [3.8, 4) is 17.2 Å². The van der Waals surface area contributed by atoms with Crippen molar-refractivity contribution in [1.82, 2.24) is 0 Å². The van der Waals surface area contributed by atoms with Gasteiger partial charge < -0.3 is 18.9 Å². The van der Waals surface area contributed by atoms with Gasteiger partial charge in [0.2, 0.25) is 6.79 Å². The van der Waals surface area contributed by atoms with Crippen LogP contribution in [0.25, 0.3) is 0 Å². The molecule has 2 aliphatic rings. The van der Waals surface area contributed by atoms with E-state index < -0.39 is 0 Å². The summed E-state index contributed by atoms with van der Waals surface area (Å²) in [5.41, 5.74) is 2.24. The van der Waals surface area contributed by atoms with E-state index in [4.69, 9.17) is 18.9 Å². The van der Waals surface area contributed by atoms with Crippen LogP contribution in [0.1, 0.15) is 11.1 Å². The van der Waals surface area contributed by atoms with Gasteiger partial charge in [-0.25, -0.2) is 0 Å². The Morgan fingerprint density at radius 2 is 1.72 bits per heavy atom. The fourth-order valence-corrected chi connectivity index (χ4v) is 3.44. The Morgan fingerprint density at radius 1 is 0.960 bits per heavy atom. The number of ether oxygens (including phenoxy) is 4. The summed E-state index contributed by atoms with van der Waals surface area (Å²) in [5.74, 6) is 2.26. The highest BCUT2D eigenvalue weighted by Crippen LogP contribution is 2.35. The first-order valence-electron chi connectivity index (χ1n) is 8.41. The van der Waals surface area contributed by atoms with Crippen LogP contribution >= 0.6 is 0 Å². The van der Waals surface area contributed by atoms with Crippen molar-refractivity contribution in [2.24, 2.45) is 11.8 Å². The molecule has 130 valence electrons. The van der Waals surface area contributed by atoms with Gasteiger partial charge in [-0.3, -0.25) is 4.79 Å². The fourth-order valence-electron chi connectivity index (χ4n) is 3.44. The van der Waals surface area contributed by atoms with Crippen molar-refractivity contribution < 1.29 is 23.7 Å². The number of carbonyl (C=O) groups excluding carboxylic acids is 1. The maximum Gasteiger partial charge on any atom is 0.309 e. The lowest BCUT2D eigenvalue weighted by molar-refractivity contribution is -0.141. The van der Waals surface area contributed by atoms with E-state index in [9.17, 15) is 4.79 Å². The predicted octanol–water partition coefficient (Wildman–Crippen LogP) is 3.00. The first-order chi connectivity index (χ1) is 12.2. The SMILES string of the molecule is COc1ccc(CC2COC(=O)C2Cc2ccc3c(c2)OCO3)cc1. The van der Waals surface area contributed by atoms with Crippen molar-refractivity contribution >= 4 is 5.97 Å². The summed E-state index contributed by atoms with van der Waals surface area (Å²) in [6.07, 6.45) is 1.46. The smallest absolute Gasteiger partial charge is 0.309 e. The van der Waals surface area contributed by atoms with Gasteiger partial charge in [0.15, 0.2) is 11.5 Å². The monoisotopic (exact) mass is 340 g/mol. The molecule has 0 radical (unpaired) electrons. The van der Waals surface area contributed by atoms with E-state index in [1.807, 2.05) is 42.5 Å². The van der Waals surface area contributed by atoms with E-state index in [0.29, 0.717) is 13.0 Å². The second-order valence-corrected chi connectivity index (χ2v) is 6.44. The van der Waals surface area contributed by atoms with Gasteiger partial charge in [0.05, 0.1) is 19.6 Å². The van der Waals surface area contributed by atoms with Crippen LogP contribution in [0.4, 0.5) is 0 Å². The number of rotatable bonds is 5. The van der Waals surface area contributed by atoms with Gasteiger partial charge in [-0.1, -0.05) is 18.2 Å². The number of cyclic esters (lactones) is 1. The summed E-state index contributed by atoms with van der Waals surface area (Å²) in [4.78, 5) is 12.2. The zero-order valence-corrected chi connectivity index (χ0v) is 14.1. The molecule has 0 bridgehead atoms. The quantitative estimate of drug-likeness (QED) is 0.783. The van der Waals surface area contributed by atoms with Crippen molar-refractivity contribution in [2.45, 2.75) is 12.8 Å². The average molecular weight is 340 g/mol. The molecule has 0 aromatic heterocycles. The van der Waals surface area contributed by atoms with Gasteiger partial charge in [-0.2, -0.15) is 0 Å². The molecule has 0 aliphatic carbocycles. The minimum absolute atomic E-state index is 0.115. The molecule has 2 unspecified atom stereocenters. The third-order valence-electron chi connectivity index (χ3n) is 4.86. The molecule has 2 aromatic carbocycles. The second kappa shape index (κ2) is 6.67. The van der Waals surface area contributed by atoms with Crippen molar-refractivity contribution in [3.63, 3.8) is 0 Å². The largest absolute Gasteiger partial charge is 0.497 e. The predicted molar refractivity (Wildman–Crippen MR) is 90.9 cm³/mol. The molecule has 5 heteroatoms. The number of benzene rings is 2. The van der Waals surface area contributed by atoms with E-state index in [-0.39, 0.29) is 24.6 Å². The zero-order chi connectivity index (χ0) is 17.2. The molecule has 4 rings (SSSR count).